The van der Waals surface area contributed by atoms with E-state index in [0.29, 0.717) is 24.7 Å². The predicted molar refractivity (Wildman–Crippen MR) is 97.2 cm³/mol. The van der Waals surface area contributed by atoms with Gasteiger partial charge in [0.25, 0.3) is 5.91 Å². The van der Waals surface area contributed by atoms with Crippen molar-refractivity contribution in [3.63, 3.8) is 0 Å². The van der Waals surface area contributed by atoms with Crippen LogP contribution in [-0.2, 0) is 13.0 Å². The first-order valence-corrected chi connectivity index (χ1v) is 8.53. The maximum atomic E-state index is 13.0. The van der Waals surface area contributed by atoms with Gasteiger partial charge < -0.3 is 15.2 Å². The van der Waals surface area contributed by atoms with Crippen LogP contribution in [0.15, 0.2) is 36.7 Å². The van der Waals surface area contributed by atoms with Gasteiger partial charge in [-0.3, -0.25) is 4.79 Å². The highest BCUT2D eigenvalue weighted by Crippen LogP contribution is 2.24. The molecule has 1 amide bonds. The number of fused-ring (bicyclic) bond motifs is 2. The minimum absolute atomic E-state index is 0.0289. The Hall–Kier alpha value is -2.89. The summed E-state index contributed by atoms with van der Waals surface area (Å²) in [4.78, 5) is 23.1. The number of carbonyl (C=O) groups is 1. The number of hydrogen-bond donors (Lipinski definition) is 1. The summed E-state index contributed by atoms with van der Waals surface area (Å²) in [6.07, 6.45) is 4.59. The molecule has 2 aromatic heterocycles. The van der Waals surface area contributed by atoms with Crippen molar-refractivity contribution >= 4 is 22.8 Å². The average Bonchev–Trinajstić information content (AvgIpc) is 3.03. The van der Waals surface area contributed by atoms with E-state index in [4.69, 9.17) is 5.73 Å². The summed E-state index contributed by atoms with van der Waals surface area (Å²) in [6.45, 7) is 5.42. The van der Waals surface area contributed by atoms with Crippen LogP contribution in [0.2, 0.25) is 0 Å². The standard InChI is InChI=1S/C19H21N5O/c1-12(2)24-8-6-13-3-4-14(9-17(13)24)18(25)23-7-5-15-10-21-19(20)22-16(15)11-23/h3-4,6,8-10,12H,5,7,11H2,1-2H3,(H2,20,21,22). The van der Waals surface area contributed by atoms with Gasteiger partial charge in [0.2, 0.25) is 5.95 Å². The third kappa shape index (κ3) is 2.73. The Bertz CT molecular complexity index is 960. The van der Waals surface area contributed by atoms with Crippen LogP contribution in [0.4, 0.5) is 5.95 Å². The summed E-state index contributed by atoms with van der Waals surface area (Å²) in [7, 11) is 0. The molecule has 0 unspecified atom stereocenters. The van der Waals surface area contributed by atoms with Crippen LogP contribution in [0, 0.1) is 0 Å². The van der Waals surface area contributed by atoms with E-state index in [2.05, 4.69) is 40.6 Å². The normalized spacial score (nSPS) is 14.1. The lowest BCUT2D eigenvalue weighted by atomic mass is 10.1. The molecule has 0 aliphatic carbocycles. The van der Waals surface area contributed by atoms with Crippen LogP contribution in [0.25, 0.3) is 10.9 Å². The van der Waals surface area contributed by atoms with E-state index in [0.717, 1.165) is 28.6 Å². The van der Waals surface area contributed by atoms with Crippen LogP contribution in [0.5, 0.6) is 0 Å². The van der Waals surface area contributed by atoms with Crippen LogP contribution < -0.4 is 5.73 Å². The van der Waals surface area contributed by atoms with E-state index in [-0.39, 0.29) is 11.9 Å². The second-order valence-electron chi connectivity index (χ2n) is 6.77. The highest BCUT2D eigenvalue weighted by atomic mass is 16.2. The lowest BCUT2D eigenvalue weighted by Gasteiger charge is -2.28. The summed E-state index contributed by atoms with van der Waals surface area (Å²) in [5, 5.41) is 1.15. The lowest BCUT2D eigenvalue weighted by molar-refractivity contribution is 0.0732. The summed E-state index contributed by atoms with van der Waals surface area (Å²) >= 11 is 0. The molecule has 0 bridgehead atoms. The molecule has 128 valence electrons. The fourth-order valence-corrected chi connectivity index (χ4v) is 3.41. The van der Waals surface area contributed by atoms with Gasteiger partial charge in [0.1, 0.15) is 0 Å². The van der Waals surface area contributed by atoms with Crippen LogP contribution in [0.3, 0.4) is 0 Å². The minimum atomic E-state index is 0.0289. The van der Waals surface area contributed by atoms with Crippen LogP contribution >= 0.6 is 0 Å². The number of amides is 1. The number of rotatable bonds is 2. The molecule has 25 heavy (non-hydrogen) atoms. The van der Waals surface area contributed by atoms with Crippen LogP contribution in [0.1, 0.15) is 41.5 Å². The maximum Gasteiger partial charge on any atom is 0.254 e. The fourth-order valence-electron chi connectivity index (χ4n) is 3.41. The van der Waals surface area contributed by atoms with Crippen molar-refractivity contribution in [1.29, 1.82) is 0 Å². The fraction of sp³-hybridized carbons (Fsp3) is 0.316. The van der Waals surface area contributed by atoms with Gasteiger partial charge in [0.05, 0.1) is 12.2 Å². The zero-order valence-corrected chi connectivity index (χ0v) is 14.4. The molecule has 6 heteroatoms. The van der Waals surface area contributed by atoms with E-state index in [1.807, 2.05) is 23.1 Å². The van der Waals surface area contributed by atoms with Crippen LogP contribution in [-0.4, -0.2) is 31.9 Å². The number of hydrogen-bond acceptors (Lipinski definition) is 4. The van der Waals surface area contributed by atoms with Gasteiger partial charge in [0, 0.05) is 36.1 Å². The number of nitrogen functional groups attached to an aromatic ring is 1. The molecule has 3 aromatic rings. The van der Waals surface area contributed by atoms with Crippen molar-refractivity contribution in [2.24, 2.45) is 0 Å². The number of anilines is 1. The summed E-state index contributed by atoms with van der Waals surface area (Å²) < 4.78 is 2.19. The average molecular weight is 335 g/mol. The molecule has 0 radical (unpaired) electrons. The Morgan fingerprint density at radius 3 is 2.92 bits per heavy atom. The van der Waals surface area contributed by atoms with E-state index in [1.165, 1.54) is 0 Å². The predicted octanol–water partition coefficient (Wildman–Crippen LogP) is 2.79. The monoisotopic (exact) mass is 335 g/mol. The zero-order valence-electron chi connectivity index (χ0n) is 14.4. The zero-order chi connectivity index (χ0) is 17.6. The highest BCUT2D eigenvalue weighted by molar-refractivity contribution is 5.98. The molecule has 6 nitrogen and oxygen atoms in total. The molecular weight excluding hydrogens is 314 g/mol. The number of nitrogens with zero attached hydrogens (tertiary/aromatic N) is 4. The SMILES string of the molecule is CC(C)n1ccc2ccc(C(=O)N3CCc4cnc(N)nc4C3)cc21. The molecule has 0 saturated heterocycles. The van der Waals surface area contributed by atoms with Gasteiger partial charge in [-0.05, 0) is 49.4 Å². The third-order valence-corrected chi connectivity index (χ3v) is 4.78. The Morgan fingerprint density at radius 2 is 2.12 bits per heavy atom. The molecule has 4 rings (SSSR count). The molecule has 1 aliphatic heterocycles. The van der Waals surface area contributed by atoms with E-state index < -0.39 is 0 Å². The van der Waals surface area contributed by atoms with E-state index in [9.17, 15) is 4.79 Å². The number of carbonyl (C=O) groups excluding carboxylic acids is 1. The maximum absolute atomic E-state index is 13.0. The Balaban J connectivity index is 1.65. The van der Waals surface area contributed by atoms with Crippen molar-refractivity contribution in [2.75, 3.05) is 12.3 Å². The molecule has 0 fully saturated rings. The summed E-state index contributed by atoms with van der Waals surface area (Å²) in [6, 6.07) is 8.34. The van der Waals surface area contributed by atoms with Gasteiger partial charge in [0.15, 0.2) is 0 Å². The highest BCUT2D eigenvalue weighted by Gasteiger charge is 2.23. The summed E-state index contributed by atoms with van der Waals surface area (Å²) in [5.74, 6) is 0.283. The molecule has 3 heterocycles. The van der Waals surface area contributed by atoms with Gasteiger partial charge >= 0.3 is 0 Å². The molecule has 1 aliphatic rings. The number of nitrogens with two attached hydrogens (primary N) is 1. The first-order valence-electron chi connectivity index (χ1n) is 8.53. The van der Waals surface area contributed by atoms with E-state index >= 15 is 0 Å². The van der Waals surface area contributed by atoms with Crippen molar-refractivity contribution < 1.29 is 4.79 Å². The topological polar surface area (TPSA) is 77.0 Å². The second-order valence-corrected chi connectivity index (χ2v) is 6.77. The minimum Gasteiger partial charge on any atom is -0.368 e. The van der Waals surface area contributed by atoms with Crippen molar-refractivity contribution in [2.45, 2.75) is 32.9 Å². The quantitative estimate of drug-likeness (QED) is 0.781. The van der Waals surface area contributed by atoms with Gasteiger partial charge in [-0.25, -0.2) is 9.97 Å². The smallest absolute Gasteiger partial charge is 0.254 e. The van der Waals surface area contributed by atoms with Gasteiger partial charge in [-0.15, -0.1) is 0 Å². The Morgan fingerprint density at radius 1 is 1.28 bits per heavy atom. The molecule has 0 atom stereocenters. The third-order valence-electron chi connectivity index (χ3n) is 4.78. The van der Waals surface area contributed by atoms with Crippen molar-refractivity contribution in [3.05, 3.63) is 53.5 Å². The first-order chi connectivity index (χ1) is 12.0. The molecule has 1 aromatic carbocycles. The van der Waals surface area contributed by atoms with Crippen molar-refractivity contribution in [3.8, 4) is 0 Å². The van der Waals surface area contributed by atoms with Gasteiger partial charge in [-0.1, -0.05) is 6.07 Å². The number of benzene rings is 1. The number of aromatic nitrogens is 3. The molecule has 0 spiro atoms. The molecule has 2 N–H and O–H groups in total. The first kappa shape index (κ1) is 15.6. The Kier molecular flexibility index (Phi) is 3.67. The molecule has 0 saturated carbocycles. The van der Waals surface area contributed by atoms with Gasteiger partial charge in [-0.2, -0.15) is 0 Å². The summed E-state index contributed by atoms with van der Waals surface area (Å²) in [5.41, 5.74) is 9.39. The molecular formula is C19H21N5O. The largest absolute Gasteiger partial charge is 0.368 e. The van der Waals surface area contributed by atoms with E-state index in [1.54, 1.807) is 6.20 Å². The lowest BCUT2D eigenvalue weighted by Crippen LogP contribution is -2.36. The van der Waals surface area contributed by atoms with Crippen molar-refractivity contribution in [1.82, 2.24) is 19.4 Å². The second kappa shape index (κ2) is 5.88. The Labute approximate surface area is 146 Å².